The summed E-state index contributed by atoms with van der Waals surface area (Å²) in [6.07, 6.45) is 0.363. The van der Waals surface area contributed by atoms with Crippen LogP contribution < -0.4 is 0 Å². The molecule has 0 aliphatic heterocycles. The normalized spacial score (nSPS) is 10.1. The monoisotopic (exact) mass is 238 g/mol. The number of carbonyl (C=O) groups excluding carboxylic acids is 2. The molecule has 2 rings (SSSR count). The molecule has 0 heterocycles. The molecule has 2 aromatic rings. The lowest BCUT2D eigenvalue weighted by Gasteiger charge is -2.02. The first-order valence-electron chi connectivity index (χ1n) is 5.85. The van der Waals surface area contributed by atoms with E-state index < -0.39 is 0 Å². The van der Waals surface area contributed by atoms with Crippen molar-refractivity contribution in [2.45, 2.75) is 13.3 Å². The van der Waals surface area contributed by atoms with E-state index in [2.05, 4.69) is 0 Å². The topological polar surface area (TPSA) is 34.1 Å². The summed E-state index contributed by atoms with van der Waals surface area (Å²) < 4.78 is 0. The summed E-state index contributed by atoms with van der Waals surface area (Å²) in [6, 6.07) is 16.4. The molecular formula is C16H14O2. The first-order valence-corrected chi connectivity index (χ1v) is 5.85. The van der Waals surface area contributed by atoms with Crippen LogP contribution in [0.25, 0.3) is 0 Å². The molecule has 0 spiro atoms. The van der Waals surface area contributed by atoms with Crippen molar-refractivity contribution in [3.05, 3.63) is 71.3 Å². The Morgan fingerprint density at radius 3 is 2.00 bits per heavy atom. The van der Waals surface area contributed by atoms with Crippen LogP contribution in [-0.2, 0) is 6.42 Å². The molecule has 18 heavy (non-hydrogen) atoms. The van der Waals surface area contributed by atoms with Gasteiger partial charge < -0.3 is 0 Å². The van der Waals surface area contributed by atoms with Gasteiger partial charge in [0.15, 0.2) is 11.6 Å². The van der Waals surface area contributed by atoms with E-state index in [1.54, 1.807) is 12.1 Å². The van der Waals surface area contributed by atoms with Crippen molar-refractivity contribution in [3.8, 4) is 0 Å². The van der Waals surface area contributed by atoms with Crippen LogP contribution in [-0.4, -0.2) is 11.6 Å². The van der Waals surface area contributed by atoms with E-state index in [1.807, 2.05) is 42.5 Å². The fourth-order valence-corrected chi connectivity index (χ4v) is 1.77. The van der Waals surface area contributed by atoms with Crippen molar-refractivity contribution in [3.63, 3.8) is 0 Å². The zero-order valence-corrected chi connectivity index (χ0v) is 10.2. The van der Waals surface area contributed by atoms with Crippen LogP contribution >= 0.6 is 0 Å². The van der Waals surface area contributed by atoms with Crippen molar-refractivity contribution in [2.75, 3.05) is 0 Å². The second-order valence-corrected chi connectivity index (χ2v) is 4.22. The smallest absolute Gasteiger partial charge is 0.167 e. The molecule has 0 saturated carbocycles. The van der Waals surface area contributed by atoms with Crippen molar-refractivity contribution >= 4 is 11.6 Å². The molecule has 0 unspecified atom stereocenters. The van der Waals surface area contributed by atoms with Crippen LogP contribution in [0.5, 0.6) is 0 Å². The summed E-state index contributed by atoms with van der Waals surface area (Å²) in [5.74, 6) is 0.127. The van der Waals surface area contributed by atoms with E-state index in [4.69, 9.17) is 0 Å². The zero-order chi connectivity index (χ0) is 13.0. The van der Waals surface area contributed by atoms with Crippen molar-refractivity contribution in [1.29, 1.82) is 0 Å². The Balaban J connectivity index is 2.10. The lowest BCUT2D eigenvalue weighted by Crippen LogP contribution is -2.03. The number of carbonyl (C=O) groups is 2. The largest absolute Gasteiger partial charge is 0.295 e. The summed E-state index contributed by atoms with van der Waals surface area (Å²) in [4.78, 5) is 23.1. The minimum atomic E-state index is 0.0379. The number of Topliss-reactive ketones (excluding diaryl/α,β-unsaturated/α-hetero) is 2. The molecule has 0 bridgehead atoms. The number of ketones is 2. The van der Waals surface area contributed by atoms with Crippen LogP contribution in [0.3, 0.4) is 0 Å². The Morgan fingerprint density at radius 1 is 0.833 bits per heavy atom. The third-order valence-corrected chi connectivity index (χ3v) is 2.82. The Labute approximate surface area is 106 Å². The van der Waals surface area contributed by atoms with E-state index in [0.29, 0.717) is 17.5 Å². The minimum absolute atomic E-state index is 0.0379. The molecule has 2 nitrogen and oxygen atoms in total. The highest BCUT2D eigenvalue weighted by atomic mass is 16.1. The van der Waals surface area contributed by atoms with Gasteiger partial charge in [-0.15, -0.1) is 0 Å². The van der Waals surface area contributed by atoms with Gasteiger partial charge in [0.05, 0.1) is 0 Å². The molecule has 0 radical (unpaired) electrons. The van der Waals surface area contributed by atoms with Crippen molar-refractivity contribution in [2.24, 2.45) is 0 Å². The van der Waals surface area contributed by atoms with Crippen LogP contribution in [0, 0.1) is 0 Å². The second-order valence-electron chi connectivity index (χ2n) is 4.22. The SMILES string of the molecule is CC(=O)c1ccc(CC(=O)c2ccccc2)cc1. The van der Waals surface area contributed by atoms with Crippen molar-refractivity contribution in [1.82, 2.24) is 0 Å². The van der Waals surface area contributed by atoms with E-state index in [-0.39, 0.29) is 11.6 Å². The highest BCUT2D eigenvalue weighted by molar-refractivity contribution is 5.98. The maximum Gasteiger partial charge on any atom is 0.167 e. The third-order valence-electron chi connectivity index (χ3n) is 2.82. The van der Waals surface area contributed by atoms with Crippen LogP contribution in [0.2, 0.25) is 0 Å². The summed E-state index contributed by atoms with van der Waals surface area (Å²) in [5.41, 5.74) is 2.31. The number of rotatable bonds is 4. The van der Waals surface area contributed by atoms with Gasteiger partial charge in [0, 0.05) is 17.5 Å². The lowest BCUT2D eigenvalue weighted by atomic mass is 10.0. The third kappa shape index (κ3) is 2.92. The van der Waals surface area contributed by atoms with E-state index in [1.165, 1.54) is 6.92 Å². The van der Waals surface area contributed by atoms with E-state index in [9.17, 15) is 9.59 Å². The average Bonchev–Trinajstić information content (AvgIpc) is 2.40. The van der Waals surface area contributed by atoms with Gasteiger partial charge in [-0.3, -0.25) is 9.59 Å². The Hall–Kier alpha value is -2.22. The Kier molecular flexibility index (Phi) is 3.68. The molecule has 0 amide bonds. The molecule has 2 heteroatoms. The van der Waals surface area contributed by atoms with E-state index in [0.717, 1.165) is 5.56 Å². The molecule has 0 aromatic heterocycles. The Bertz CT molecular complexity index is 553. The zero-order valence-electron chi connectivity index (χ0n) is 10.2. The number of benzene rings is 2. The van der Waals surface area contributed by atoms with Crippen molar-refractivity contribution < 1.29 is 9.59 Å². The molecular weight excluding hydrogens is 224 g/mol. The van der Waals surface area contributed by atoms with E-state index >= 15 is 0 Å². The fraction of sp³-hybridized carbons (Fsp3) is 0.125. The average molecular weight is 238 g/mol. The fourth-order valence-electron chi connectivity index (χ4n) is 1.77. The van der Waals surface area contributed by atoms with Crippen LogP contribution in [0.1, 0.15) is 33.2 Å². The number of hydrogen-bond donors (Lipinski definition) is 0. The Morgan fingerprint density at radius 2 is 1.44 bits per heavy atom. The lowest BCUT2D eigenvalue weighted by molar-refractivity contribution is 0.0991. The van der Waals surface area contributed by atoms with Crippen LogP contribution in [0.4, 0.5) is 0 Å². The van der Waals surface area contributed by atoms with Gasteiger partial charge in [-0.25, -0.2) is 0 Å². The van der Waals surface area contributed by atoms with Gasteiger partial charge in [0.25, 0.3) is 0 Å². The molecule has 0 aliphatic rings. The second kappa shape index (κ2) is 5.41. The molecule has 0 saturated heterocycles. The maximum atomic E-state index is 12.0. The van der Waals surface area contributed by atoms with Gasteiger partial charge in [0.2, 0.25) is 0 Å². The van der Waals surface area contributed by atoms with Gasteiger partial charge in [0.1, 0.15) is 0 Å². The van der Waals surface area contributed by atoms with Crippen LogP contribution in [0.15, 0.2) is 54.6 Å². The van der Waals surface area contributed by atoms with Gasteiger partial charge >= 0.3 is 0 Å². The molecule has 2 aromatic carbocycles. The highest BCUT2D eigenvalue weighted by Gasteiger charge is 2.06. The molecule has 0 fully saturated rings. The van der Waals surface area contributed by atoms with Gasteiger partial charge in [-0.05, 0) is 12.5 Å². The van der Waals surface area contributed by atoms with Gasteiger partial charge in [-0.1, -0.05) is 54.6 Å². The predicted molar refractivity (Wildman–Crippen MR) is 70.9 cm³/mol. The van der Waals surface area contributed by atoms with Gasteiger partial charge in [-0.2, -0.15) is 0 Å². The molecule has 0 aliphatic carbocycles. The first-order chi connectivity index (χ1) is 8.66. The number of hydrogen-bond acceptors (Lipinski definition) is 2. The summed E-state index contributed by atoms with van der Waals surface area (Å²) in [5, 5.41) is 0. The quantitative estimate of drug-likeness (QED) is 0.766. The molecule has 90 valence electrons. The highest BCUT2D eigenvalue weighted by Crippen LogP contribution is 2.09. The standard InChI is InChI=1S/C16H14O2/c1-12(17)14-9-7-13(8-10-14)11-16(18)15-5-3-2-4-6-15/h2-10H,11H2,1H3. The minimum Gasteiger partial charge on any atom is -0.295 e. The summed E-state index contributed by atoms with van der Waals surface area (Å²) in [7, 11) is 0. The summed E-state index contributed by atoms with van der Waals surface area (Å²) >= 11 is 0. The molecule has 0 N–H and O–H groups in total. The molecule has 0 atom stereocenters. The predicted octanol–water partition coefficient (Wildman–Crippen LogP) is 3.31. The summed E-state index contributed by atoms with van der Waals surface area (Å²) in [6.45, 7) is 1.53. The maximum absolute atomic E-state index is 12.0. The first kappa shape index (κ1) is 12.2.